The van der Waals surface area contributed by atoms with Crippen molar-refractivity contribution in [2.45, 2.75) is 45.8 Å². The normalized spacial score (nSPS) is 13.4. The third kappa shape index (κ3) is 5.39. The second-order valence-corrected chi connectivity index (χ2v) is 7.94. The van der Waals surface area contributed by atoms with Gasteiger partial charge in [-0.3, -0.25) is 0 Å². The van der Waals surface area contributed by atoms with E-state index in [1.165, 1.54) is 24.3 Å². The number of benzene rings is 1. The molecule has 0 spiro atoms. The molecule has 0 aliphatic heterocycles. The highest BCUT2D eigenvalue weighted by molar-refractivity contribution is 6.34. The number of nitrogens with zero attached hydrogens (tertiary/aromatic N) is 3. The van der Waals surface area contributed by atoms with Crippen molar-refractivity contribution in [3.8, 4) is 0 Å². The summed E-state index contributed by atoms with van der Waals surface area (Å²) in [6.45, 7) is 5.56. The molecule has 2 N–H and O–H groups in total. The minimum Gasteiger partial charge on any atom is -0.480 e. The fourth-order valence-electron chi connectivity index (χ4n) is 3.08. The van der Waals surface area contributed by atoms with Gasteiger partial charge in [0.15, 0.2) is 0 Å². The molecule has 0 radical (unpaired) electrons. The molecule has 0 bridgehead atoms. The Balaban J connectivity index is 2.48. The highest BCUT2D eigenvalue weighted by Crippen LogP contribution is 2.26. The molecule has 152 valence electrons. The van der Waals surface area contributed by atoms with Crippen molar-refractivity contribution >= 4 is 41.0 Å². The maximum Gasteiger partial charge on any atom is 0.326 e. The Bertz CT molecular complexity index is 833. The molecule has 1 aromatic heterocycles. The molecule has 9 heteroatoms. The summed E-state index contributed by atoms with van der Waals surface area (Å²) in [7, 11) is 0. The molecule has 2 rings (SSSR count). The van der Waals surface area contributed by atoms with Crippen LogP contribution in [0.2, 0.25) is 10.0 Å². The van der Waals surface area contributed by atoms with Gasteiger partial charge in [-0.1, -0.05) is 37.0 Å². The maximum absolute atomic E-state index is 12.0. The SMILES string of the molecule is CC(C)CC(C(=O)O)N(c1cncn1Cc1cc(Cl)cc(Cl)c1)C(C)C(=O)O. The smallest absolute Gasteiger partial charge is 0.326 e. The van der Waals surface area contributed by atoms with Gasteiger partial charge in [0.2, 0.25) is 0 Å². The van der Waals surface area contributed by atoms with Gasteiger partial charge in [0.05, 0.1) is 19.1 Å². The summed E-state index contributed by atoms with van der Waals surface area (Å²) >= 11 is 12.1. The van der Waals surface area contributed by atoms with E-state index in [-0.39, 0.29) is 5.92 Å². The van der Waals surface area contributed by atoms with E-state index in [1.54, 1.807) is 22.8 Å². The summed E-state index contributed by atoms with van der Waals surface area (Å²) in [5.74, 6) is -1.74. The Kier molecular flexibility index (Phi) is 7.32. The average Bonchev–Trinajstić information content (AvgIpc) is 3.00. The van der Waals surface area contributed by atoms with Crippen LogP contribution < -0.4 is 4.90 Å². The Morgan fingerprint density at radius 3 is 2.21 bits per heavy atom. The number of halogens is 2. The van der Waals surface area contributed by atoms with Crippen molar-refractivity contribution in [2.24, 2.45) is 5.92 Å². The van der Waals surface area contributed by atoms with Crippen LogP contribution in [0.15, 0.2) is 30.7 Å². The monoisotopic (exact) mass is 427 g/mol. The van der Waals surface area contributed by atoms with Crippen LogP contribution in [0.25, 0.3) is 0 Å². The van der Waals surface area contributed by atoms with Gasteiger partial charge in [-0.25, -0.2) is 14.6 Å². The zero-order chi connectivity index (χ0) is 21.0. The lowest BCUT2D eigenvalue weighted by atomic mass is 10.0. The molecule has 0 amide bonds. The predicted octanol–water partition coefficient (Wildman–Crippen LogP) is 4.02. The van der Waals surface area contributed by atoms with Gasteiger partial charge in [0.25, 0.3) is 0 Å². The molecular formula is C19H23Cl2N3O4. The average molecular weight is 428 g/mol. The third-order valence-corrected chi connectivity index (χ3v) is 4.76. The Morgan fingerprint density at radius 2 is 1.71 bits per heavy atom. The van der Waals surface area contributed by atoms with Crippen LogP contribution in [0.4, 0.5) is 5.82 Å². The van der Waals surface area contributed by atoms with Crippen LogP contribution in [0.3, 0.4) is 0 Å². The zero-order valence-corrected chi connectivity index (χ0v) is 17.4. The number of aliphatic carboxylic acids is 2. The van der Waals surface area contributed by atoms with Crippen LogP contribution in [-0.4, -0.2) is 43.8 Å². The maximum atomic E-state index is 12.0. The highest BCUT2D eigenvalue weighted by atomic mass is 35.5. The van der Waals surface area contributed by atoms with E-state index in [9.17, 15) is 19.8 Å². The summed E-state index contributed by atoms with van der Waals surface area (Å²) in [4.78, 5) is 29.2. The molecule has 1 aromatic carbocycles. The molecule has 0 saturated heterocycles. The first-order chi connectivity index (χ1) is 13.1. The molecule has 2 atom stereocenters. The van der Waals surface area contributed by atoms with Gasteiger partial charge in [-0.05, 0) is 43.0 Å². The number of carboxylic acids is 2. The number of hydrogen-bond acceptors (Lipinski definition) is 4. The Hall–Kier alpha value is -2.25. The van der Waals surface area contributed by atoms with E-state index in [0.717, 1.165) is 5.56 Å². The quantitative estimate of drug-likeness (QED) is 0.627. The van der Waals surface area contributed by atoms with Crippen LogP contribution in [0.1, 0.15) is 32.8 Å². The summed E-state index contributed by atoms with van der Waals surface area (Å²) < 4.78 is 1.69. The summed E-state index contributed by atoms with van der Waals surface area (Å²) in [5, 5.41) is 20.3. The number of aromatic nitrogens is 2. The van der Waals surface area contributed by atoms with E-state index in [1.807, 2.05) is 13.8 Å². The first-order valence-electron chi connectivity index (χ1n) is 8.79. The molecule has 2 unspecified atom stereocenters. The van der Waals surface area contributed by atoms with Crippen molar-refractivity contribution in [1.29, 1.82) is 0 Å². The lowest BCUT2D eigenvalue weighted by Crippen LogP contribution is -2.51. The van der Waals surface area contributed by atoms with Gasteiger partial charge in [-0.2, -0.15) is 0 Å². The first kappa shape index (κ1) is 22.0. The molecule has 1 heterocycles. The highest BCUT2D eigenvalue weighted by Gasteiger charge is 2.35. The van der Waals surface area contributed by atoms with E-state index >= 15 is 0 Å². The van der Waals surface area contributed by atoms with Crippen LogP contribution in [-0.2, 0) is 16.1 Å². The second-order valence-electron chi connectivity index (χ2n) is 7.06. The van der Waals surface area contributed by atoms with Gasteiger partial charge in [-0.15, -0.1) is 0 Å². The van der Waals surface area contributed by atoms with E-state index < -0.39 is 24.0 Å². The minimum absolute atomic E-state index is 0.0627. The Morgan fingerprint density at radius 1 is 1.11 bits per heavy atom. The van der Waals surface area contributed by atoms with Crippen LogP contribution in [0, 0.1) is 5.92 Å². The third-order valence-electron chi connectivity index (χ3n) is 4.32. The van der Waals surface area contributed by atoms with Crippen molar-refractivity contribution in [1.82, 2.24) is 9.55 Å². The molecular weight excluding hydrogens is 405 g/mol. The van der Waals surface area contributed by atoms with E-state index in [2.05, 4.69) is 4.98 Å². The predicted molar refractivity (Wildman–Crippen MR) is 108 cm³/mol. The van der Waals surface area contributed by atoms with E-state index in [4.69, 9.17) is 23.2 Å². The molecule has 0 fully saturated rings. The number of rotatable bonds is 9. The van der Waals surface area contributed by atoms with Crippen molar-refractivity contribution in [3.05, 3.63) is 46.3 Å². The topological polar surface area (TPSA) is 95.7 Å². The summed E-state index contributed by atoms with van der Waals surface area (Å²) in [6.07, 6.45) is 3.29. The van der Waals surface area contributed by atoms with E-state index in [0.29, 0.717) is 28.8 Å². The number of anilines is 1. The van der Waals surface area contributed by atoms with Gasteiger partial charge in [0, 0.05) is 10.0 Å². The van der Waals surface area contributed by atoms with Crippen molar-refractivity contribution < 1.29 is 19.8 Å². The first-order valence-corrected chi connectivity index (χ1v) is 9.54. The fraction of sp³-hybridized carbons (Fsp3) is 0.421. The lowest BCUT2D eigenvalue weighted by molar-refractivity contribution is -0.140. The molecule has 7 nitrogen and oxygen atoms in total. The number of carbonyl (C=O) groups is 2. The molecule has 0 aliphatic carbocycles. The van der Waals surface area contributed by atoms with Crippen LogP contribution in [0.5, 0.6) is 0 Å². The molecule has 0 aliphatic rings. The number of hydrogen-bond donors (Lipinski definition) is 2. The minimum atomic E-state index is -1.12. The number of imidazole rings is 1. The molecule has 0 saturated carbocycles. The lowest BCUT2D eigenvalue weighted by Gasteiger charge is -2.35. The van der Waals surface area contributed by atoms with Crippen LogP contribution >= 0.6 is 23.2 Å². The molecule has 28 heavy (non-hydrogen) atoms. The Labute approximate surface area is 173 Å². The fourth-order valence-corrected chi connectivity index (χ4v) is 3.65. The molecule has 2 aromatic rings. The zero-order valence-electron chi connectivity index (χ0n) is 15.8. The summed E-state index contributed by atoms with van der Waals surface area (Å²) in [5.41, 5.74) is 0.787. The largest absolute Gasteiger partial charge is 0.480 e. The standard InChI is InChI=1S/C19H23Cl2N3O4/c1-11(2)4-16(19(27)28)24(12(3)18(25)26)17-8-22-10-23(17)9-13-5-14(20)7-15(21)6-13/h5-8,10-12,16H,4,9H2,1-3H3,(H,25,26)(H,27,28). The van der Waals surface area contributed by atoms with Crippen molar-refractivity contribution in [3.63, 3.8) is 0 Å². The summed E-state index contributed by atoms with van der Waals surface area (Å²) in [6, 6.07) is 3.03. The van der Waals surface area contributed by atoms with Gasteiger partial charge < -0.3 is 19.7 Å². The second kappa shape index (κ2) is 9.30. The van der Waals surface area contributed by atoms with Gasteiger partial charge in [0.1, 0.15) is 17.9 Å². The van der Waals surface area contributed by atoms with Gasteiger partial charge >= 0.3 is 11.9 Å². The van der Waals surface area contributed by atoms with Crippen molar-refractivity contribution in [2.75, 3.05) is 4.90 Å². The number of carboxylic acid groups (broad SMARTS) is 2.